The van der Waals surface area contributed by atoms with E-state index in [1.165, 1.54) is 0 Å². The van der Waals surface area contributed by atoms with Gasteiger partial charge >= 0.3 is 0 Å². The minimum Gasteiger partial charge on any atom is -0.493 e. The molecular formula is C16H17NO3S. The number of ether oxygens (including phenoxy) is 1. The second-order valence-electron chi connectivity index (χ2n) is 5.30. The Morgan fingerprint density at radius 3 is 2.71 bits per heavy atom. The number of sulfonamides is 1. The lowest BCUT2D eigenvalue weighted by atomic mass is 10.1. The smallest absolute Gasteiger partial charge is 0.262 e. The van der Waals surface area contributed by atoms with Gasteiger partial charge in [-0.15, -0.1) is 0 Å². The van der Waals surface area contributed by atoms with Crippen LogP contribution in [0.15, 0.2) is 41.3 Å². The predicted molar refractivity (Wildman–Crippen MR) is 82.4 cm³/mol. The van der Waals surface area contributed by atoms with Gasteiger partial charge in [0.25, 0.3) is 10.0 Å². The number of hydrogen-bond donors (Lipinski definition) is 1. The van der Waals surface area contributed by atoms with Gasteiger partial charge in [-0.05, 0) is 54.8 Å². The lowest BCUT2D eigenvalue weighted by Crippen LogP contribution is -2.14. The lowest BCUT2D eigenvalue weighted by molar-refractivity contribution is 0.357. The molecule has 0 unspecified atom stereocenters. The highest BCUT2D eigenvalue weighted by Gasteiger charge is 2.19. The van der Waals surface area contributed by atoms with Gasteiger partial charge in [-0.1, -0.05) is 12.1 Å². The summed E-state index contributed by atoms with van der Waals surface area (Å²) < 4.78 is 33.1. The van der Waals surface area contributed by atoms with Crippen LogP contribution in [-0.4, -0.2) is 15.0 Å². The Balaban J connectivity index is 1.94. The van der Waals surface area contributed by atoms with E-state index in [0.29, 0.717) is 17.2 Å². The number of anilines is 1. The van der Waals surface area contributed by atoms with E-state index in [9.17, 15) is 8.42 Å². The molecule has 3 rings (SSSR count). The van der Waals surface area contributed by atoms with Crippen molar-refractivity contribution in [3.63, 3.8) is 0 Å². The van der Waals surface area contributed by atoms with Gasteiger partial charge in [0, 0.05) is 12.1 Å². The quantitative estimate of drug-likeness (QED) is 0.948. The number of benzene rings is 2. The summed E-state index contributed by atoms with van der Waals surface area (Å²) in [5, 5.41) is 0. The Kier molecular flexibility index (Phi) is 3.37. The van der Waals surface area contributed by atoms with Crippen molar-refractivity contribution in [1.82, 2.24) is 0 Å². The van der Waals surface area contributed by atoms with E-state index in [-0.39, 0.29) is 0 Å². The average Bonchev–Trinajstić information content (AvgIpc) is 2.88. The van der Waals surface area contributed by atoms with Crippen molar-refractivity contribution in [2.24, 2.45) is 0 Å². The molecule has 0 spiro atoms. The molecule has 1 N–H and O–H groups in total. The lowest BCUT2D eigenvalue weighted by Gasteiger charge is -2.12. The molecule has 1 aliphatic heterocycles. The van der Waals surface area contributed by atoms with Gasteiger partial charge in [0.15, 0.2) is 0 Å². The summed E-state index contributed by atoms with van der Waals surface area (Å²) in [6.45, 7) is 4.33. The first-order valence-electron chi connectivity index (χ1n) is 6.81. The highest BCUT2D eigenvalue weighted by atomic mass is 32.2. The minimum atomic E-state index is -3.57. The van der Waals surface area contributed by atoms with Crippen molar-refractivity contribution in [2.75, 3.05) is 11.3 Å². The van der Waals surface area contributed by atoms with Crippen molar-refractivity contribution in [3.8, 4) is 5.75 Å². The minimum absolute atomic E-state index is 0.319. The fourth-order valence-electron chi connectivity index (χ4n) is 2.46. The number of nitrogens with one attached hydrogen (secondary N) is 1. The van der Waals surface area contributed by atoms with E-state index in [1.54, 1.807) is 19.1 Å². The van der Waals surface area contributed by atoms with E-state index in [0.717, 1.165) is 28.9 Å². The molecule has 0 saturated carbocycles. The van der Waals surface area contributed by atoms with Crippen molar-refractivity contribution in [1.29, 1.82) is 0 Å². The molecule has 5 heteroatoms. The number of aryl methyl sites for hydroxylation is 2. The highest BCUT2D eigenvalue weighted by Crippen LogP contribution is 2.29. The molecule has 21 heavy (non-hydrogen) atoms. The van der Waals surface area contributed by atoms with E-state index in [1.807, 2.05) is 31.2 Å². The zero-order valence-corrected chi connectivity index (χ0v) is 12.8. The summed E-state index contributed by atoms with van der Waals surface area (Å²) >= 11 is 0. The van der Waals surface area contributed by atoms with Gasteiger partial charge in [-0.3, -0.25) is 4.72 Å². The van der Waals surface area contributed by atoms with E-state index >= 15 is 0 Å². The molecule has 1 aliphatic rings. The maximum atomic E-state index is 12.5. The molecule has 0 aliphatic carbocycles. The topological polar surface area (TPSA) is 55.4 Å². The van der Waals surface area contributed by atoms with Crippen LogP contribution in [0.3, 0.4) is 0 Å². The van der Waals surface area contributed by atoms with Crippen LogP contribution in [0.5, 0.6) is 5.75 Å². The van der Waals surface area contributed by atoms with Crippen LogP contribution in [-0.2, 0) is 16.4 Å². The van der Waals surface area contributed by atoms with Crippen LogP contribution in [0.25, 0.3) is 0 Å². The van der Waals surface area contributed by atoms with Gasteiger partial charge in [-0.25, -0.2) is 8.42 Å². The standard InChI is InChI=1S/C16H17NO3S/c1-11-3-4-12(2)16(9-11)21(18,19)17-14-5-6-15-13(10-14)7-8-20-15/h3-6,9-10,17H,7-8H2,1-2H3. The van der Waals surface area contributed by atoms with Crippen LogP contribution in [0.2, 0.25) is 0 Å². The van der Waals surface area contributed by atoms with E-state index in [2.05, 4.69) is 4.72 Å². The van der Waals surface area contributed by atoms with Crippen molar-refractivity contribution < 1.29 is 13.2 Å². The third-order valence-corrected chi connectivity index (χ3v) is 5.10. The van der Waals surface area contributed by atoms with Gasteiger partial charge in [-0.2, -0.15) is 0 Å². The molecule has 2 aromatic carbocycles. The van der Waals surface area contributed by atoms with Crippen molar-refractivity contribution in [3.05, 3.63) is 53.1 Å². The molecule has 0 amide bonds. The largest absolute Gasteiger partial charge is 0.493 e. The average molecular weight is 303 g/mol. The zero-order chi connectivity index (χ0) is 15.0. The molecule has 1 heterocycles. The zero-order valence-electron chi connectivity index (χ0n) is 12.0. The molecule has 0 fully saturated rings. The Labute approximate surface area is 124 Å². The normalized spacial score (nSPS) is 13.6. The fraction of sp³-hybridized carbons (Fsp3) is 0.250. The predicted octanol–water partition coefficient (Wildman–Crippen LogP) is 3.04. The molecule has 0 aromatic heterocycles. The summed E-state index contributed by atoms with van der Waals surface area (Å²) in [6, 6.07) is 10.8. The molecule has 4 nitrogen and oxygen atoms in total. The van der Waals surface area contributed by atoms with Crippen molar-refractivity contribution >= 4 is 15.7 Å². The van der Waals surface area contributed by atoms with Crippen LogP contribution >= 0.6 is 0 Å². The summed E-state index contributed by atoms with van der Waals surface area (Å²) in [5.74, 6) is 0.838. The summed E-state index contributed by atoms with van der Waals surface area (Å²) in [7, 11) is -3.57. The Bertz CT molecular complexity index is 797. The maximum Gasteiger partial charge on any atom is 0.262 e. The molecular weight excluding hydrogens is 286 g/mol. The molecule has 0 bridgehead atoms. The summed E-state index contributed by atoms with van der Waals surface area (Å²) in [4.78, 5) is 0.319. The SMILES string of the molecule is Cc1ccc(C)c(S(=O)(=O)Nc2ccc3c(c2)CCO3)c1. The van der Waals surface area contributed by atoms with Crippen LogP contribution in [0, 0.1) is 13.8 Å². The number of fused-ring (bicyclic) bond motifs is 1. The van der Waals surface area contributed by atoms with Gasteiger partial charge in [0.1, 0.15) is 5.75 Å². The Morgan fingerprint density at radius 2 is 1.90 bits per heavy atom. The third-order valence-electron chi connectivity index (χ3n) is 3.57. The highest BCUT2D eigenvalue weighted by molar-refractivity contribution is 7.92. The molecule has 0 radical (unpaired) electrons. The first kappa shape index (κ1) is 13.9. The van der Waals surface area contributed by atoms with Gasteiger partial charge in [0.05, 0.1) is 11.5 Å². The second kappa shape index (κ2) is 5.07. The van der Waals surface area contributed by atoms with Crippen molar-refractivity contribution in [2.45, 2.75) is 25.2 Å². The monoisotopic (exact) mass is 303 g/mol. The van der Waals surface area contributed by atoms with Crippen LogP contribution in [0.1, 0.15) is 16.7 Å². The fourth-order valence-corrected chi connectivity index (χ4v) is 3.84. The van der Waals surface area contributed by atoms with E-state index in [4.69, 9.17) is 4.74 Å². The Hall–Kier alpha value is -2.01. The summed E-state index contributed by atoms with van der Waals surface area (Å²) in [6.07, 6.45) is 0.814. The first-order valence-corrected chi connectivity index (χ1v) is 8.30. The number of rotatable bonds is 3. The van der Waals surface area contributed by atoms with Gasteiger partial charge in [0.2, 0.25) is 0 Å². The molecule has 0 atom stereocenters. The first-order chi connectivity index (χ1) is 9.95. The maximum absolute atomic E-state index is 12.5. The molecule has 110 valence electrons. The summed E-state index contributed by atoms with van der Waals surface area (Å²) in [5.41, 5.74) is 3.26. The Morgan fingerprint density at radius 1 is 1.10 bits per heavy atom. The molecule has 2 aromatic rings. The molecule has 0 saturated heterocycles. The van der Waals surface area contributed by atoms with E-state index < -0.39 is 10.0 Å². The third kappa shape index (κ3) is 2.74. The van der Waals surface area contributed by atoms with Crippen LogP contribution < -0.4 is 9.46 Å². The second-order valence-corrected chi connectivity index (χ2v) is 6.95. The number of hydrogen-bond acceptors (Lipinski definition) is 3. The van der Waals surface area contributed by atoms with Crippen LogP contribution in [0.4, 0.5) is 5.69 Å². The van der Waals surface area contributed by atoms with Gasteiger partial charge < -0.3 is 4.74 Å².